The van der Waals surface area contributed by atoms with Crippen LogP contribution < -0.4 is 10.1 Å². The van der Waals surface area contributed by atoms with Crippen LogP contribution >= 0.6 is 0 Å². The summed E-state index contributed by atoms with van der Waals surface area (Å²) < 4.78 is 10.7. The monoisotopic (exact) mass is 235 g/mol. The van der Waals surface area contributed by atoms with Crippen molar-refractivity contribution in [1.82, 2.24) is 5.32 Å². The molecular weight excluding hydrogens is 214 g/mol. The molecule has 1 fully saturated rings. The molecule has 0 aliphatic carbocycles. The summed E-state index contributed by atoms with van der Waals surface area (Å²) in [6.07, 6.45) is 3.49. The number of hydrogen-bond acceptors (Lipinski definition) is 3. The van der Waals surface area contributed by atoms with Crippen LogP contribution in [0, 0.1) is 0 Å². The number of nitrogens with one attached hydrogen (secondary N) is 1. The van der Waals surface area contributed by atoms with Crippen LogP contribution in [0.5, 0.6) is 5.75 Å². The Morgan fingerprint density at radius 3 is 3.18 bits per heavy atom. The average molecular weight is 235 g/mol. The van der Waals surface area contributed by atoms with Gasteiger partial charge in [-0.25, -0.2) is 0 Å². The van der Waals surface area contributed by atoms with Crippen molar-refractivity contribution in [3.8, 4) is 5.75 Å². The third kappa shape index (κ3) is 4.02. The second-order valence-electron chi connectivity index (χ2n) is 4.47. The Kier molecular flexibility index (Phi) is 4.83. The Hall–Kier alpha value is -1.06. The van der Waals surface area contributed by atoms with E-state index in [9.17, 15) is 0 Å². The van der Waals surface area contributed by atoms with E-state index in [0.29, 0.717) is 6.04 Å². The minimum absolute atomic E-state index is 0.587. The van der Waals surface area contributed by atoms with Gasteiger partial charge >= 0.3 is 0 Å². The number of hydrogen-bond donors (Lipinski definition) is 1. The minimum Gasteiger partial charge on any atom is -0.497 e. The van der Waals surface area contributed by atoms with Gasteiger partial charge in [-0.15, -0.1) is 0 Å². The van der Waals surface area contributed by atoms with Gasteiger partial charge in [0.1, 0.15) is 5.75 Å². The predicted molar refractivity (Wildman–Crippen MR) is 68.3 cm³/mol. The quantitative estimate of drug-likeness (QED) is 0.869. The molecular formula is C14H21NO2. The molecule has 1 heterocycles. The normalized spacial score (nSPS) is 20.9. The van der Waals surface area contributed by atoms with Gasteiger partial charge in [0.15, 0.2) is 0 Å². The molecule has 1 aliphatic heterocycles. The molecule has 1 N–H and O–H groups in total. The Balaban J connectivity index is 1.83. The van der Waals surface area contributed by atoms with E-state index in [4.69, 9.17) is 9.47 Å². The molecule has 0 spiro atoms. The fourth-order valence-electron chi connectivity index (χ4n) is 2.15. The van der Waals surface area contributed by atoms with Crippen LogP contribution in [0.3, 0.4) is 0 Å². The van der Waals surface area contributed by atoms with E-state index in [1.807, 2.05) is 12.1 Å². The van der Waals surface area contributed by atoms with Crippen LogP contribution in [-0.4, -0.2) is 26.4 Å². The lowest BCUT2D eigenvalue weighted by atomic mass is 10.1. The number of ether oxygens (including phenoxy) is 2. The molecule has 2 rings (SSSR count). The second-order valence-corrected chi connectivity index (χ2v) is 4.47. The largest absolute Gasteiger partial charge is 0.497 e. The standard InChI is InChI=1S/C14H21NO2/c1-16-14-6-2-4-12(10-14)11-15-13-5-3-8-17-9-7-13/h2,4,6,10,13,15H,3,5,7-9,11H2,1H3/t13-/m0/s1. The predicted octanol–water partition coefficient (Wildman–Crippen LogP) is 2.35. The van der Waals surface area contributed by atoms with Crippen molar-refractivity contribution in [2.45, 2.75) is 31.8 Å². The Bertz CT molecular complexity index is 333. The lowest BCUT2D eigenvalue weighted by Crippen LogP contribution is -2.28. The zero-order valence-electron chi connectivity index (χ0n) is 10.4. The average Bonchev–Trinajstić information content (AvgIpc) is 2.65. The fraction of sp³-hybridized carbons (Fsp3) is 0.571. The summed E-state index contributed by atoms with van der Waals surface area (Å²) in [5.74, 6) is 0.925. The topological polar surface area (TPSA) is 30.5 Å². The first-order valence-corrected chi connectivity index (χ1v) is 6.32. The highest BCUT2D eigenvalue weighted by atomic mass is 16.5. The van der Waals surface area contributed by atoms with Gasteiger partial charge in [0.25, 0.3) is 0 Å². The van der Waals surface area contributed by atoms with Gasteiger partial charge in [0, 0.05) is 25.8 Å². The van der Waals surface area contributed by atoms with Crippen molar-refractivity contribution in [3.05, 3.63) is 29.8 Å². The summed E-state index contributed by atoms with van der Waals surface area (Å²) in [6, 6.07) is 8.81. The molecule has 3 heteroatoms. The van der Waals surface area contributed by atoms with Gasteiger partial charge in [-0.1, -0.05) is 12.1 Å². The summed E-state index contributed by atoms with van der Waals surface area (Å²) in [5, 5.41) is 3.59. The summed E-state index contributed by atoms with van der Waals surface area (Å²) in [5.41, 5.74) is 1.27. The smallest absolute Gasteiger partial charge is 0.119 e. The number of methoxy groups -OCH3 is 1. The zero-order valence-corrected chi connectivity index (χ0v) is 10.4. The molecule has 0 bridgehead atoms. The maximum absolute atomic E-state index is 5.45. The molecule has 1 aliphatic rings. The summed E-state index contributed by atoms with van der Waals surface area (Å²) in [6.45, 7) is 2.70. The molecule has 1 aromatic carbocycles. The number of benzene rings is 1. The van der Waals surface area contributed by atoms with E-state index in [-0.39, 0.29) is 0 Å². The van der Waals surface area contributed by atoms with Crippen LogP contribution in [0.4, 0.5) is 0 Å². The van der Waals surface area contributed by atoms with Crippen LogP contribution in [0.1, 0.15) is 24.8 Å². The van der Waals surface area contributed by atoms with Gasteiger partial charge < -0.3 is 14.8 Å². The van der Waals surface area contributed by atoms with Gasteiger partial charge in [0.05, 0.1) is 7.11 Å². The van der Waals surface area contributed by atoms with Crippen molar-refractivity contribution in [1.29, 1.82) is 0 Å². The lowest BCUT2D eigenvalue weighted by molar-refractivity contribution is 0.142. The lowest BCUT2D eigenvalue weighted by Gasteiger charge is -2.15. The molecule has 3 nitrogen and oxygen atoms in total. The van der Waals surface area contributed by atoms with Crippen molar-refractivity contribution in [2.75, 3.05) is 20.3 Å². The Morgan fingerprint density at radius 2 is 2.29 bits per heavy atom. The molecule has 1 aromatic rings. The first kappa shape index (κ1) is 12.4. The van der Waals surface area contributed by atoms with E-state index < -0.39 is 0 Å². The maximum atomic E-state index is 5.45. The second kappa shape index (κ2) is 6.62. The first-order valence-electron chi connectivity index (χ1n) is 6.32. The highest BCUT2D eigenvalue weighted by Crippen LogP contribution is 2.14. The zero-order chi connectivity index (χ0) is 11.9. The maximum Gasteiger partial charge on any atom is 0.119 e. The third-order valence-electron chi connectivity index (χ3n) is 3.18. The van der Waals surface area contributed by atoms with E-state index in [1.54, 1.807) is 7.11 Å². The van der Waals surface area contributed by atoms with Crippen molar-refractivity contribution >= 4 is 0 Å². The van der Waals surface area contributed by atoms with E-state index in [2.05, 4.69) is 17.4 Å². The summed E-state index contributed by atoms with van der Waals surface area (Å²) in [7, 11) is 1.70. The molecule has 1 saturated heterocycles. The van der Waals surface area contributed by atoms with Crippen LogP contribution in [0.25, 0.3) is 0 Å². The van der Waals surface area contributed by atoms with Gasteiger partial charge in [-0.05, 0) is 37.0 Å². The van der Waals surface area contributed by atoms with E-state index in [0.717, 1.165) is 38.3 Å². The van der Waals surface area contributed by atoms with Crippen molar-refractivity contribution < 1.29 is 9.47 Å². The molecule has 0 aromatic heterocycles. The Morgan fingerprint density at radius 1 is 1.35 bits per heavy atom. The van der Waals surface area contributed by atoms with E-state index >= 15 is 0 Å². The fourth-order valence-corrected chi connectivity index (χ4v) is 2.15. The van der Waals surface area contributed by atoms with Crippen molar-refractivity contribution in [3.63, 3.8) is 0 Å². The first-order chi connectivity index (χ1) is 8.38. The van der Waals surface area contributed by atoms with Crippen molar-refractivity contribution in [2.24, 2.45) is 0 Å². The van der Waals surface area contributed by atoms with Gasteiger partial charge in [0.2, 0.25) is 0 Å². The molecule has 0 unspecified atom stereocenters. The molecule has 0 saturated carbocycles. The molecule has 94 valence electrons. The highest BCUT2D eigenvalue weighted by Gasteiger charge is 2.11. The SMILES string of the molecule is COc1cccc(CN[C@H]2CCCOCC2)c1. The Labute approximate surface area is 103 Å². The van der Waals surface area contributed by atoms with E-state index in [1.165, 1.54) is 12.0 Å². The minimum atomic E-state index is 0.587. The third-order valence-corrected chi connectivity index (χ3v) is 3.18. The van der Waals surface area contributed by atoms with Crippen LogP contribution in [-0.2, 0) is 11.3 Å². The molecule has 17 heavy (non-hydrogen) atoms. The summed E-state index contributed by atoms with van der Waals surface area (Å²) >= 11 is 0. The molecule has 0 amide bonds. The van der Waals surface area contributed by atoms with Gasteiger partial charge in [-0.2, -0.15) is 0 Å². The number of rotatable bonds is 4. The molecule has 0 radical (unpaired) electrons. The molecule has 1 atom stereocenters. The van der Waals surface area contributed by atoms with Crippen LogP contribution in [0.2, 0.25) is 0 Å². The highest BCUT2D eigenvalue weighted by molar-refractivity contribution is 5.28. The summed E-state index contributed by atoms with van der Waals surface area (Å²) in [4.78, 5) is 0. The van der Waals surface area contributed by atoms with Crippen LogP contribution in [0.15, 0.2) is 24.3 Å². The van der Waals surface area contributed by atoms with Gasteiger partial charge in [-0.3, -0.25) is 0 Å².